The molecular weight excluding hydrogens is 242 g/mol. The zero-order chi connectivity index (χ0) is 14.1. The molecule has 100 valence electrons. The molecule has 0 radical (unpaired) electrons. The van der Waals surface area contributed by atoms with E-state index in [1.807, 2.05) is 0 Å². The van der Waals surface area contributed by atoms with E-state index in [0.717, 1.165) is 12.1 Å². The van der Waals surface area contributed by atoms with Crippen molar-refractivity contribution in [3.05, 3.63) is 76.6 Å². The summed E-state index contributed by atoms with van der Waals surface area (Å²) in [5.74, 6) is 0. The number of hydrogen-bond acceptors (Lipinski definition) is 1. The first-order valence-corrected chi connectivity index (χ1v) is 7.06. The second-order valence-corrected chi connectivity index (χ2v) is 5.43. The van der Waals surface area contributed by atoms with Gasteiger partial charge in [0.25, 0.3) is 0 Å². The predicted molar refractivity (Wildman–Crippen MR) is 85.2 cm³/mol. The van der Waals surface area contributed by atoms with Crippen molar-refractivity contribution >= 4 is 10.8 Å². The molecule has 0 saturated heterocycles. The van der Waals surface area contributed by atoms with Crippen LogP contribution in [0.25, 0.3) is 10.8 Å². The molecule has 0 amide bonds. The average molecular weight is 261 g/mol. The molecule has 0 atom stereocenters. The minimum Gasteiger partial charge on any atom is -0.257 e. The molecule has 3 aromatic rings. The summed E-state index contributed by atoms with van der Waals surface area (Å²) in [4.78, 5) is 4.84. The SMILES string of the molecule is Cc1nc(Cc2ccccc2)c2cccc(C)c2c1C. The van der Waals surface area contributed by atoms with Crippen molar-refractivity contribution in [2.45, 2.75) is 27.2 Å². The Morgan fingerprint density at radius 2 is 1.60 bits per heavy atom. The Hall–Kier alpha value is -2.15. The summed E-state index contributed by atoms with van der Waals surface area (Å²) in [6.45, 7) is 6.46. The van der Waals surface area contributed by atoms with E-state index in [9.17, 15) is 0 Å². The molecule has 0 N–H and O–H groups in total. The number of rotatable bonds is 2. The maximum atomic E-state index is 4.84. The third-order valence-corrected chi connectivity index (χ3v) is 4.02. The van der Waals surface area contributed by atoms with Gasteiger partial charge in [-0.05, 0) is 42.8 Å². The monoisotopic (exact) mass is 261 g/mol. The third kappa shape index (κ3) is 2.20. The first-order valence-electron chi connectivity index (χ1n) is 7.06. The van der Waals surface area contributed by atoms with Crippen LogP contribution in [-0.4, -0.2) is 4.98 Å². The molecule has 0 aliphatic rings. The van der Waals surface area contributed by atoms with Gasteiger partial charge >= 0.3 is 0 Å². The lowest BCUT2D eigenvalue weighted by Crippen LogP contribution is -2.00. The Morgan fingerprint density at radius 3 is 2.35 bits per heavy atom. The van der Waals surface area contributed by atoms with Crippen molar-refractivity contribution in [3.8, 4) is 0 Å². The van der Waals surface area contributed by atoms with Gasteiger partial charge in [0, 0.05) is 17.5 Å². The fraction of sp³-hybridized carbons (Fsp3) is 0.211. The first kappa shape index (κ1) is 12.9. The van der Waals surface area contributed by atoms with Crippen molar-refractivity contribution < 1.29 is 0 Å². The maximum Gasteiger partial charge on any atom is 0.0529 e. The van der Waals surface area contributed by atoms with E-state index in [1.165, 1.54) is 33.2 Å². The van der Waals surface area contributed by atoms with Gasteiger partial charge in [-0.25, -0.2) is 0 Å². The second kappa shape index (κ2) is 5.09. The molecule has 1 aromatic heterocycles. The number of fused-ring (bicyclic) bond motifs is 1. The molecule has 0 bridgehead atoms. The zero-order valence-electron chi connectivity index (χ0n) is 12.3. The maximum absolute atomic E-state index is 4.84. The molecule has 1 heterocycles. The normalized spacial score (nSPS) is 10.9. The number of nitrogens with zero attached hydrogens (tertiary/aromatic N) is 1. The van der Waals surface area contributed by atoms with Gasteiger partial charge in [-0.15, -0.1) is 0 Å². The predicted octanol–water partition coefficient (Wildman–Crippen LogP) is 4.75. The zero-order valence-corrected chi connectivity index (χ0v) is 12.3. The minimum atomic E-state index is 0.891. The Kier molecular flexibility index (Phi) is 3.27. The minimum absolute atomic E-state index is 0.891. The second-order valence-electron chi connectivity index (χ2n) is 5.43. The van der Waals surface area contributed by atoms with E-state index in [-0.39, 0.29) is 0 Å². The molecule has 2 aromatic carbocycles. The Bertz CT molecular complexity index is 758. The van der Waals surface area contributed by atoms with Gasteiger partial charge in [-0.3, -0.25) is 4.98 Å². The van der Waals surface area contributed by atoms with Crippen LogP contribution in [0.15, 0.2) is 48.5 Å². The van der Waals surface area contributed by atoms with E-state index in [4.69, 9.17) is 4.98 Å². The molecule has 20 heavy (non-hydrogen) atoms. The quantitative estimate of drug-likeness (QED) is 0.648. The van der Waals surface area contributed by atoms with Crippen molar-refractivity contribution in [2.24, 2.45) is 0 Å². The van der Waals surface area contributed by atoms with Gasteiger partial charge in [0.15, 0.2) is 0 Å². The first-order chi connectivity index (χ1) is 9.66. The van der Waals surface area contributed by atoms with Gasteiger partial charge in [0.05, 0.1) is 5.69 Å². The molecule has 0 saturated carbocycles. The summed E-state index contributed by atoms with van der Waals surface area (Å²) in [5, 5.41) is 2.66. The Labute approximate surface area is 120 Å². The van der Waals surface area contributed by atoms with E-state index in [2.05, 4.69) is 69.3 Å². The molecular formula is C19H19N. The summed E-state index contributed by atoms with van der Waals surface area (Å²) in [5.41, 5.74) is 6.26. The Balaban J connectivity index is 2.21. The number of aryl methyl sites for hydroxylation is 3. The molecule has 0 unspecified atom stereocenters. The highest BCUT2D eigenvalue weighted by Gasteiger charge is 2.10. The van der Waals surface area contributed by atoms with Gasteiger partial charge < -0.3 is 0 Å². The van der Waals surface area contributed by atoms with E-state index in [1.54, 1.807) is 0 Å². The van der Waals surface area contributed by atoms with Crippen LogP contribution in [0.4, 0.5) is 0 Å². The lowest BCUT2D eigenvalue weighted by atomic mass is 9.96. The third-order valence-electron chi connectivity index (χ3n) is 4.02. The highest BCUT2D eigenvalue weighted by atomic mass is 14.7. The lowest BCUT2D eigenvalue weighted by Gasteiger charge is -2.13. The fourth-order valence-electron chi connectivity index (χ4n) is 2.86. The number of benzene rings is 2. The van der Waals surface area contributed by atoms with Crippen LogP contribution < -0.4 is 0 Å². The number of aromatic nitrogens is 1. The molecule has 1 nitrogen and oxygen atoms in total. The van der Waals surface area contributed by atoms with Crippen LogP contribution in [0.2, 0.25) is 0 Å². The van der Waals surface area contributed by atoms with Crippen molar-refractivity contribution in [2.75, 3.05) is 0 Å². The molecule has 1 heteroatoms. The van der Waals surface area contributed by atoms with Crippen LogP contribution >= 0.6 is 0 Å². The van der Waals surface area contributed by atoms with Crippen LogP contribution in [0.5, 0.6) is 0 Å². The van der Waals surface area contributed by atoms with Crippen molar-refractivity contribution in [1.29, 1.82) is 0 Å². The Morgan fingerprint density at radius 1 is 0.850 bits per heavy atom. The van der Waals surface area contributed by atoms with Gasteiger partial charge in [0.2, 0.25) is 0 Å². The molecule has 0 aliphatic carbocycles. The smallest absolute Gasteiger partial charge is 0.0529 e. The standard InChI is InChI=1S/C19H19N/c1-13-8-7-11-17-18(12-16-9-5-4-6-10-16)20-15(3)14(2)19(13)17/h4-11H,12H2,1-3H3. The van der Waals surface area contributed by atoms with E-state index in [0.29, 0.717) is 0 Å². The lowest BCUT2D eigenvalue weighted by molar-refractivity contribution is 1.04. The van der Waals surface area contributed by atoms with Crippen LogP contribution in [0.3, 0.4) is 0 Å². The van der Waals surface area contributed by atoms with Gasteiger partial charge in [-0.1, -0.05) is 48.5 Å². The number of pyridine rings is 1. The largest absolute Gasteiger partial charge is 0.257 e. The number of hydrogen-bond donors (Lipinski definition) is 0. The van der Waals surface area contributed by atoms with E-state index < -0.39 is 0 Å². The highest BCUT2D eigenvalue weighted by molar-refractivity contribution is 5.91. The van der Waals surface area contributed by atoms with E-state index >= 15 is 0 Å². The topological polar surface area (TPSA) is 12.9 Å². The van der Waals surface area contributed by atoms with Gasteiger partial charge in [0.1, 0.15) is 0 Å². The van der Waals surface area contributed by atoms with Crippen LogP contribution in [0.1, 0.15) is 28.1 Å². The summed E-state index contributed by atoms with van der Waals surface area (Å²) >= 11 is 0. The summed E-state index contributed by atoms with van der Waals surface area (Å²) < 4.78 is 0. The van der Waals surface area contributed by atoms with Crippen LogP contribution in [-0.2, 0) is 6.42 Å². The van der Waals surface area contributed by atoms with Crippen molar-refractivity contribution in [3.63, 3.8) is 0 Å². The summed E-state index contributed by atoms with van der Waals surface area (Å²) in [6.07, 6.45) is 0.891. The average Bonchev–Trinajstić information content (AvgIpc) is 2.45. The molecule has 0 spiro atoms. The van der Waals surface area contributed by atoms with Crippen molar-refractivity contribution in [1.82, 2.24) is 4.98 Å². The molecule has 0 aliphatic heterocycles. The fourth-order valence-corrected chi connectivity index (χ4v) is 2.86. The van der Waals surface area contributed by atoms with Gasteiger partial charge in [-0.2, -0.15) is 0 Å². The van der Waals surface area contributed by atoms with Crippen LogP contribution in [0, 0.1) is 20.8 Å². The summed E-state index contributed by atoms with van der Waals surface area (Å²) in [7, 11) is 0. The molecule has 3 rings (SSSR count). The summed E-state index contributed by atoms with van der Waals surface area (Å²) in [6, 6.07) is 17.1. The molecule has 0 fully saturated rings. The highest BCUT2D eigenvalue weighted by Crippen LogP contribution is 2.27.